The third-order valence-corrected chi connectivity index (χ3v) is 6.15. The lowest BCUT2D eigenvalue weighted by Gasteiger charge is -2.38. The summed E-state index contributed by atoms with van der Waals surface area (Å²) in [6, 6.07) is 0.389. The van der Waals surface area contributed by atoms with Crippen LogP contribution in [-0.4, -0.2) is 71.8 Å². The first-order valence-corrected chi connectivity index (χ1v) is 9.93. The van der Waals surface area contributed by atoms with Gasteiger partial charge in [0.25, 0.3) is 0 Å². The predicted octanol–water partition coefficient (Wildman–Crippen LogP) is 2.11. The van der Waals surface area contributed by atoms with Crippen LogP contribution in [0.3, 0.4) is 0 Å². The highest BCUT2D eigenvalue weighted by molar-refractivity contribution is 5.79. The Morgan fingerprint density at radius 1 is 0.833 bits per heavy atom. The molecule has 2 amide bonds. The molecule has 0 aromatic heterocycles. The average Bonchev–Trinajstić information content (AvgIpc) is 3.08. The van der Waals surface area contributed by atoms with E-state index in [-0.39, 0.29) is 5.91 Å². The number of rotatable bonds is 4. The van der Waals surface area contributed by atoms with E-state index in [1.807, 2.05) is 4.90 Å². The summed E-state index contributed by atoms with van der Waals surface area (Å²) < 4.78 is 0. The Balaban J connectivity index is 1.39. The molecule has 1 saturated carbocycles. The molecule has 0 bridgehead atoms. The van der Waals surface area contributed by atoms with Crippen LogP contribution in [0, 0.1) is 5.92 Å². The van der Waals surface area contributed by atoms with Gasteiger partial charge in [-0.05, 0) is 44.9 Å². The van der Waals surface area contributed by atoms with E-state index in [9.17, 15) is 9.59 Å². The van der Waals surface area contributed by atoms with Crippen molar-refractivity contribution >= 4 is 11.8 Å². The first-order valence-electron chi connectivity index (χ1n) is 9.93. The highest BCUT2D eigenvalue weighted by Crippen LogP contribution is 2.28. The Hall–Kier alpha value is -1.10. The van der Waals surface area contributed by atoms with Gasteiger partial charge in [-0.25, -0.2) is 0 Å². The topological polar surface area (TPSA) is 43.9 Å². The Kier molecular flexibility index (Phi) is 6.14. The molecule has 2 aliphatic heterocycles. The molecule has 24 heavy (non-hydrogen) atoms. The molecule has 3 aliphatic rings. The number of likely N-dealkylation sites (tertiary alicyclic amines) is 1. The third kappa shape index (κ3) is 4.50. The fourth-order valence-corrected chi connectivity index (χ4v) is 4.50. The van der Waals surface area contributed by atoms with Crippen molar-refractivity contribution < 1.29 is 9.59 Å². The second-order valence-corrected chi connectivity index (χ2v) is 7.94. The molecule has 3 fully saturated rings. The lowest BCUT2D eigenvalue weighted by Crippen LogP contribution is -2.53. The summed E-state index contributed by atoms with van der Waals surface area (Å²) in [7, 11) is 0. The zero-order chi connectivity index (χ0) is 16.9. The Bertz CT molecular complexity index is 440. The molecule has 0 aromatic rings. The third-order valence-electron chi connectivity index (χ3n) is 6.15. The minimum Gasteiger partial charge on any atom is -0.340 e. The monoisotopic (exact) mass is 335 g/mol. The summed E-state index contributed by atoms with van der Waals surface area (Å²) >= 11 is 0. The first kappa shape index (κ1) is 17.7. The van der Waals surface area contributed by atoms with Gasteiger partial charge in [0.05, 0.1) is 6.54 Å². The van der Waals surface area contributed by atoms with Crippen LogP contribution in [-0.2, 0) is 9.59 Å². The maximum Gasteiger partial charge on any atom is 0.236 e. The van der Waals surface area contributed by atoms with Gasteiger partial charge in [-0.3, -0.25) is 14.5 Å². The minimum atomic E-state index is 0.271. The van der Waals surface area contributed by atoms with Crippen LogP contribution in [0.1, 0.15) is 58.3 Å². The molecule has 0 aromatic carbocycles. The smallest absolute Gasteiger partial charge is 0.236 e. The molecular weight excluding hydrogens is 302 g/mol. The Labute approximate surface area is 146 Å². The minimum absolute atomic E-state index is 0.271. The molecule has 0 radical (unpaired) electrons. The van der Waals surface area contributed by atoms with Crippen LogP contribution >= 0.6 is 0 Å². The highest BCUT2D eigenvalue weighted by Gasteiger charge is 2.28. The van der Waals surface area contributed by atoms with Gasteiger partial charge in [0.2, 0.25) is 11.8 Å². The number of piperazine rings is 1. The second kappa shape index (κ2) is 8.32. The molecule has 1 unspecified atom stereocenters. The van der Waals surface area contributed by atoms with Gasteiger partial charge in [-0.2, -0.15) is 0 Å². The number of carbonyl (C=O) groups is 2. The molecule has 2 heterocycles. The lowest BCUT2D eigenvalue weighted by molar-refractivity contribution is -0.137. The van der Waals surface area contributed by atoms with Gasteiger partial charge >= 0.3 is 0 Å². The largest absolute Gasteiger partial charge is 0.340 e. The van der Waals surface area contributed by atoms with E-state index in [2.05, 4.69) is 16.7 Å². The standard InChI is InChI=1S/C19H33N3O2/c1-16-6-4-5-9-22(16)19(24)15-20-10-12-21(13-11-20)18(23)14-17-7-2-3-8-17/h16-17H,2-15H2,1H3. The van der Waals surface area contributed by atoms with Gasteiger partial charge in [-0.15, -0.1) is 0 Å². The van der Waals surface area contributed by atoms with Crippen LogP contribution < -0.4 is 0 Å². The molecule has 5 nitrogen and oxygen atoms in total. The molecule has 136 valence electrons. The molecule has 1 aliphatic carbocycles. The van der Waals surface area contributed by atoms with Gasteiger partial charge in [0, 0.05) is 45.2 Å². The van der Waals surface area contributed by atoms with E-state index in [1.54, 1.807) is 0 Å². The van der Waals surface area contributed by atoms with E-state index >= 15 is 0 Å². The lowest BCUT2D eigenvalue weighted by atomic mass is 10.0. The summed E-state index contributed by atoms with van der Waals surface area (Å²) in [6.45, 7) is 6.85. The van der Waals surface area contributed by atoms with Crippen LogP contribution in [0.4, 0.5) is 0 Å². The number of nitrogens with zero attached hydrogens (tertiary/aromatic N) is 3. The van der Waals surface area contributed by atoms with Crippen molar-refractivity contribution in [2.45, 2.75) is 64.3 Å². The van der Waals surface area contributed by atoms with Crippen molar-refractivity contribution in [3.8, 4) is 0 Å². The molecule has 5 heteroatoms. The summed E-state index contributed by atoms with van der Waals surface area (Å²) in [5.41, 5.74) is 0. The molecular formula is C19H33N3O2. The van der Waals surface area contributed by atoms with E-state index in [1.165, 1.54) is 32.1 Å². The number of piperidine rings is 1. The quantitative estimate of drug-likeness (QED) is 0.790. The summed E-state index contributed by atoms with van der Waals surface area (Å²) in [5.74, 6) is 1.23. The number of carbonyl (C=O) groups excluding carboxylic acids is 2. The van der Waals surface area contributed by atoms with Crippen molar-refractivity contribution in [3.63, 3.8) is 0 Å². The van der Waals surface area contributed by atoms with Crippen molar-refractivity contribution in [2.24, 2.45) is 5.92 Å². The van der Waals surface area contributed by atoms with Crippen LogP contribution in [0.25, 0.3) is 0 Å². The van der Waals surface area contributed by atoms with E-state index in [0.717, 1.165) is 52.0 Å². The molecule has 0 N–H and O–H groups in total. The van der Waals surface area contributed by atoms with Gasteiger partial charge < -0.3 is 9.80 Å². The zero-order valence-electron chi connectivity index (χ0n) is 15.2. The Morgan fingerprint density at radius 3 is 2.17 bits per heavy atom. The molecule has 0 spiro atoms. The Morgan fingerprint density at radius 2 is 1.50 bits per heavy atom. The van der Waals surface area contributed by atoms with E-state index in [0.29, 0.717) is 24.4 Å². The van der Waals surface area contributed by atoms with Crippen molar-refractivity contribution in [1.29, 1.82) is 0 Å². The van der Waals surface area contributed by atoms with E-state index < -0.39 is 0 Å². The number of hydrogen-bond donors (Lipinski definition) is 0. The molecule has 1 atom stereocenters. The van der Waals surface area contributed by atoms with Gasteiger partial charge in [0.15, 0.2) is 0 Å². The molecule has 3 rings (SSSR count). The van der Waals surface area contributed by atoms with Crippen LogP contribution in [0.5, 0.6) is 0 Å². The maximum absolute atomic E-state index is 12.5. The normalized spacial score (nSPS) is 26.8. The number of amides is 2. The van der Waals surface area contributed by atoms with Crippen LogP contribution in [0.15, 0.2) is 0 Å². The zero-order valence-corrected chi connectivity index (χ0v) is 15.2. The van der Waals surface area contributed by atoms with Gasteiger partial charge in [0.1, 0.15) is 0 Å². The number of hydrogen-bond acceptors (Lipinski definition) is 3. The van der Waals surface area contributed by atoms with Crippen molar-refractivity contribution in [3.05, 3.63) is 0 Å². The molecule has 2 saturated heterocycles. The average molecular weight is 335 g/mol. The van der Waals surface area contributed by atoms with Crippen LogP contribution in [0.2, 0.25) is 0 Å². The summed E-state index contributed by atoms with van der Waals surface area (Å²) in [5, 5.41) is 0. The fourth-order valence-electron chi connectivity index (χ4n) is 4.50. The maximum atomic E-state index is 12.5. The van der Waals surface area contributed by atoms with Gasteiger partial charge in [-0.1, -0.05) is 12.8 Å². The van der Waals surface area contributed by atoms with Crippen molar-refractivity contribution in [2.75, 3.05) is 39.3 Å². The van der Waals surface area contributed by atoms with Crippen molar-refractivity contribution in [1.82, 2.24) is 14.7 Å². The second-order valence-electron chi connectivity index (χ2n) is 7.94. The SMILES string of the molecule is CC1CCCCN1C(=O)CN1CCN(C(=O)CC2CCCC2)CC1. The van der Waals surface area contributed by atoms with E-state index in [4.69, 9.17) is 0 Å². The fraction of sp³-hybridized carbons (Fsp3) is 0.895. The summed E-state index contributed by atoms with van der Waals surface area (Å²) in [6.07, 6.45) is 9.31. The highest BCUT2D eigenvalue weighted by atomic mass is 16.2. The predicted molar refractivity (Wildman–Crippen MR) is 94.6 cm³/mol. The summed E-state index contributed by atoms with van der Waals surface area (Å²) in [4.78, 5) is 31.2. The first-order chi connectivity index (χ1) is 11.6.